The Morgan fingerprint density at radius 2 is 1.61 bits per heavy atom. The van der Waals surface area contributed by atoms with Crippen LogP contribution in [0.5, 0.6) is 11.5 Å². The largest absolute Gasteiger partial charge is 0.450 e. The van der Waals surface area contributed by atoms with Crippen LogP contribution in [0.2, 0.25) is 0 Å². The van der Waals surface area contributed by atoms with Crippen LogP contribution in [0.4, 0.5) is 5.69 Å². The van der Waals surface area contributed by atoms with E-state index in [1.54, 1.807) is 18.2 Å². The number of nitrogens with one attached hydrogen (secondary N) is 2. The van der Waals surface area contributed by atoms with Crippen LogP contribution in [0.15, 0.2) is 66.7 Å². The van der Waals surface area contributed by atoms with Gasteiger partial charge in [-0.15, -0.1) is 0 Å². The van der Waals surface area contributed by atoms with Crippen LogP contribution in [0.1, 0.15) is 23.7 Å². The summed E-state index contributed by atoms with van der Waals surface area (Å²) in [7, 11) is -3.34. The zero-order valence-corrected chi connectivity index (χ0v) is 23.4. The minimum absolute atomic E-state index is 0.112. The van der Waals surface area contributed by atoms with E-state index < -0.39 is 18.7 Å². The molecule has 0 saturated heterocycles. The van der Waals surface area contributed by atoms with Gasteiger partial charge in [-0.2, -0.15) is 0 Å². The number of halogens is 2. The van der Waals surface area contributed by atoms with Crippen molar-refractivity contribution in [3.63, 3.8) is 0 Å². The van der Waals surface area contributed by atoms with Gasteiger partial charge in [0.1, 0.15) is 5.75 Å². The van der Waals surface area contributed by atoms with Gasteiger partial charge in [-0.05, 0) is 53.3 Å². The number of ether oxygens (including phenoxy) is 1. The highest BCUT2D eigenvalue weighted by Gasteiger charge is 2.34. The Labute approximate surface area is 226 Å². The van der Waals surface area contributed by atoms with E-state index in [2.05, 4.69) is 42.0 Å². The van der Waals surface area contributed by atoms with Crippen molar-refractivity contribution in [2.24, 2.45) is 0 Å². The first-order valence-corrected chi connectivity index (χ1v) is 15.3. The summed E-state index contributed by atoms with van der Waals surface area (Å²) in [5, 5.41) is 19.0. The van der Waals surface area contributed by atoms with Crippen LogP contribution in [0.3, 0.4) is 0 Å². The highest BCUT2D eigenvalue weighted by molar-refractivity contribution is 9.09. The normalized spacial score (nSPS) is 15.0. The maximum atomic E-state index is 13.4. The van der Waals surface area contributed by atoms with Gasteiger partial charge in [0.15, 0.2) is 0 Å². The molecule has 8 nitrogen and oxygen atoms in total. The van der Waals surface area contributed by atoms with E-state index in [1.807, 2.05) is 42.5 Å². The summed E-state index contributed by atoms with van der Waals surface area (Å²) >= 11 is 6.66. The van der Waals surface area contributed by atoms with Crippen molar-refractivity contribution >= 4 is 45.2 Å². The third-order valence-electron chi connectivity index (χ3n) is 5.73. The highest BCUT2D eigenvalue weighted by atomic mass is 79.9. The van der Waals surface area contributed by atoms with Gasteiger partial charge in [-0.25, -0.2) is 10.2 Å². The number of alkyl halides is 2. The Morgan fingerprint density at radius 1 is 0.972 bits per heavy atom. The van der Waals surface area contributed by atoms with Crippen molar-refractivity contribution in [2.75, 3.05) is 23.7 Å². The van der Waals surface area contributed by atoms with Crippen molar-refractivity contribution in [3.05, 3.63) is 88.0 Å². The molecule has 3 aromatic carbocycles. The Kier molecular flexibility index (Phi) is 9.33. The monoisotopic (exact) mass is 637 g/mol. The molecular weight excluding hydrogens is 613 g/mol. The molecule has 1 aliphatic carbocycles. The SMILES string of the molecule is O=[N+]([O-])c1cc2c(cc1Oc1ccc(-c3ccccc3)cc1)C(OP(=O)(NCCBr)NCCBr)CC2. The molecule has 0 aromatic heterocycles. The Bertz CT molecular complexity index is 1230. The highest BCUT2D eigenvalue weighted by Crippen LogP contribution is 2.49. The number of hydrogen-bond acceptors (Lipinski definition) is 5. The van der Waals surface area contributed by atoms with Crippen LogP contribution >= 0.6 is 39.5 Å². The minimum atomic E-state index is -3.34. The first kappa shape index (κ1) is 27.0. The number of benzene rings is 3. The lowest BCUT2D eigenvalue weighted by Crippen LogP contribution is -2.27. The van der Waals surface area contributed by atoms with Crippen LogP contribution in [0.25, 0.3) is 11.1 Å². The Balaban J connectivity index is 1.59. The first-order chi connectivity index (χ1) is 17.4. The van der Waals surface area contributed by atoms with Crippen LogP contribution in [0, 0.1) is 10.1 Å². The summed E-state index contributed by atoms with van der Waals surface area (Å²) in [4.78, 5) is 11.4. The second kappa shape index (κ2) is 12.4. The standard InChI is InChI=1S/C25H26Br2N3O5P/c26-12-14-28-36(33,29-15-13-27)35-24-11-8-20-16-23(30(31)32)25(17-22(20)24)34-21-9-6-19(7-10-21)18-4-2-1-3-5-18/h1-7,9-10,16-17,24H,8,11-15H2,(H2,28,29,33). The van der Waals surface area contributed by atoms with Gasteiger partial charge >= 0.3 is 13.4 Å². The van der Waals surface area contributed by atoms with Crippen molar-refractivity contribution in [1.82, 2.24) is 10.2 Å². The lowest BCUT2D eigenvalue weighted by molar-refractivity contribution is -0.385. The second-order valence-corrected chi connectivity index (χ2v) is 11.7. The van der Waals surface area contributed by atoms with Gasteiger partial charge in [0, 0.05) is 29.8 Å². The third kappa shape index (κ3) is 6.62. The molecule has 2 N–H and O–H groups in total. The summed E-state index contributed by atoms with van der Waals surface area (Å²) in [6.07, 6.45) is 0.668. The molecule has 1 aliphatic rings. The summed E-state index contributed by atoms with van der Waals surface area (Å²) in [6, 6.07) is 20.5. The molecule has 0 saturated carbocycles. The minimum Gasteiger partial charge on any atom is -0.450 e. The molecule has 0 bridgehead atoms. The van der Waals surface area contributed by atoms with Gasteiger partial charge in [0.2, 0.25) is 5.75 Å². The Hall–Kier alpha value is -2.07. The Morgan fingerprint density at radius 3 is 2.22 bits per heavy atom. The molecule has 4 rings (SSSR count). The summed E-state index contributed by atoms with van der Waals surface area (Å²) in [5.41, 5.74) is 3.52. The average molecular weight is 639 g/mol. The maximum Gasteiger partial charge on any atom is 0.341 e. The molecule has 0 amide bonds. The second-order valence-electron chi connectivity index (χ2n) is 8.15. The topological polar surface area (TPSA) is 103 Å². The summed E-state index contributed by atoms with van der Waals surface area (Å²) in [6.45, 7) is 0.916. The van der Waals surface area contributed by atoms with Crippen LogP contribution in [-0.4, -0.2) is 28.7 Å². The number of nitro groups is 1. The van der Waals surface area contributed by atoms with Crippen molar-refractivity contribution in [1.29, 1.82) is 0 Å². The molecule has 36 heavy (non-hydrogen) atoms. The zero-order valence-electron chi connectivity index (χ0n) is 19.4. The fourth-order valence-corrected chi connectivity index (χ4v) is 6.74. The molecule has 0 radical (unpaired) electrons. The zero-order chi connectivity index (χ0) is 25.5. The van der Waals surface area contributed by atoms with E-state index in [0.29, 0.717) is 42.3 Å². The number of rotatable bonds is 12. The lowest BCUT2D eigenvalue weighted by atomic mass is 10.1. The predicted molar refractivity (Wildman–Crippen MR) is 148 cm³/mol. The fourth-order valence-electron chi connectivity index (χ4n) is 4.08. The van der Waals surface area contributed by atoms with Gasteiger partial charge in [-0.1, -0.05) is 74.3 Å². The summed E-state index contributed by atoms with van der Waals surface area (Å²) < 4.78 is 25.4. The molecule has 190 valence electrons. The number of hydrogen-bond donors (Lipinski definition) is 2. The molecule has 0 heterocycles. The molecule has 0 spiro atoms. The quantitative estimate of drug-likeness (QED) is 0.0941. The average Bonchev–Trinajstić information content (AvgIpc) is 3.28. The molecule has 1 unspecified atom stereocenters. The molecule has 3 aromatic rings. The number of fused-ring (bicyclic) bond motifs is 1. The molecule has 11 heteroatoms. The van der Waals surface area contributed by atoms with Crippen molar-refractivity contribution in [3.8, 4) is 22.6 Å². The van der Waals surface area contributed by atoms with E-state index in [0.717, 1.165) is 22.3 Å². The molecule has 1 atom stereocenters. The first-order valence-electron chi connectivity index (χ1n) is 11.5. The van der Waals surface area contributed by atoms with E-state index in [4.69, 9.17) is 9.26 Å². The van der Waals surface area contributed by atoms with Gasteiger partial charge in [-0.3, -0.25) is 19.2 Å². The number of nitrogens with zero attached hydrogens (tertiary/aromatic N) is 1. The lowest BCUT2D eigenvalue weighted by Gasteiger charge is -2.24. The van der Waals surface area contributed by atoms with E-state index >= 15 is 0 Å². The van der Waals surface area contributed by atoms with Crippen molar-refractivity contribution < 1.29 is 18.7 Å². The molecule has 0 aliphatic heterocycles. The van der Waals surface area contributed by atoms with E-state index in [-0.39, 0.29) is 11.4 Å². The van der Waals surface area contributed by atoms with Crippen LogP contribution in [-0.2, 0) is 15.5 Å². The van der Waals surface area contributed by atoms with Gasteiger partial charge in [0.05, 0.1) is 11.0 Å². The molecule has 0 fully saturated rings. The third-order valence-corrected chi connectivity index (χ3v) is 8.36. The summed E-state index contributed by atoms with van der Waals surface area (Å²) in [5.74, 6) is 0.607. The maximum absolute atomic E-state index is 13.4. The van der Waals surface area contributed by atoms with E-state index in [9.17, 15) is 14.7 Å². The van der Waals surface area contributed by atoms with Gasteiger partial charge < -0.3 is 4.74 Å². The van der Waals surface area contributed by atoms with E-state index in [1.165, 1.54) is 6.07 Å². The fraction of sp³-hybridized carbons (Fsp3) is 0.280. The predicted octanol–water partition coefficient (Wildman–Crippen LogP) is 7.14. The molecular formula is C25H26Br2N3O5P. The number of nitro benzene ring substituents is 1. The number of aryl methyl sites for hydroxylation is 1. The van der Waals surface area contributed by atoms with Crippen molar-refractivity contribution in [2.45, 2.75) is 18.9 Å². The van der Waals surface area contributed by atoms with Crippen LogP contribution < -0.4 is 14.9 Å². The van der Waals surface area contributed by atoms with Gasteiger partial charge in [0.25, 0.3) is 0 Å². The smallest absolute Gasteiger partial charge is 0.341 e.